The number of rotatable bonds is 9. The first kappa shape index (κ1) is 27.5. The number of aromatic carboxylic acids is 1. The summed E-state index contributed by atoms with van der Waals surface area (Å²) in [5.41, 5.74) is 5.47. The Balaban J connectivity index is 1.59. The number of hydrogen-bond donors (Lipinski definition) is 3. The molecule has 40 heavy (non-hydrogen) atoms. The van der Waals surface area contributed by atoms with Crippen LogP contribution in [-0.4, -0.2) is 22.0 Å². The van der Waals surface area contributed by atoms with Gasteiger partial charge < -0.3 is 15.4 Å². The lowest BCUT2D eigenvalue weighted by Gasteiger charge is -2.21. The van der Waals surface area contributed by atoms with E-state index in [9.17, 15) is 14.7 Å². The van der Waals surface area contributed by atoms with E-state index in [2.05, 4.69) is 41.5 Å². The molecule has 0 fully saturated rings. The van der Waals surface area contributed by atoms with Gasteiger partial charge in [0.05, 0.1) is 6.04 Å². The molecule has 0 aliphatic carbocycles. The standard InChI is InChI=1S/C33H28Cl2N2O3/c1-2-3-5-20-8-10-21(11-9-20)23-14-17-27-28(19-23)36-31(33(39)40)29(27)30(24-6-4-7-26(35)18-24)37-32(38)22-12-15-25(34)16-13-22/h4,6-19,30,36H,2-3,5H2,1H3,(H,37,38)(H,39,40). The first-order valence-electron chi connectivity index (χ1n) is 13.1. The molecule has 1 heterocycles. The predicted molar refractivity (Wildman–Crippen MR) is 162 cm³/mol. The molecule has 4 aromatic carbocycles. The Morgan fingerprint density at radius 3 is 2.27 bits per heavy atom. The summed E-state index contributed by atoms with van der Waals surface area (Å²) in [6.45, 7) is 2.18. The summed E-state index contributed by atoms with van der Waals surface area (Å²) in [7, 11) is 0. The Labute approximate surface area is 242 Å². The molecule has 202 valence electrons. The number of aryl methyl sites for hydroxylation is 1. The highest BCUT2D eigenvalue weighted by atomic mass is 35.5. The van der Waals surface area contributed by atoms with Gasteiger partial charge in [0.1, 0.15) is 5.69 Å². The van der Waals surface area contributed by atoms with E-state index in [0.717, 1.165) is 30.4 Å². The van der Waals surface area contributed by atoms with Crippen LogP contribution in [0.3, 0.4) is 0 Å². The SMILES string of the molecule is CCCCc1ccc(-c2ccc3c(C(NC(=O)c4ccc(Cl)cc4)c4cccc(Cl)c4)c(C(=O)O)[nH]c3c2)cc1. The van der Waals surface area contributed by atoms with Crippen molar-refractivity contribution < 1.29 is 14.7 Å². The third kappa shape index (κ3) is 5.91. The van der Waals surface area contributed by atoms with E-state index in [-0.39, 0.29) is 11.6 Å². The van der Waals surface area contributed by atoms with E-state index in [1.54, 1.807) is 42.5 Å². The van der Waals surface area contributed by atoms with Gasteiger partial charge in [-0.2, -0.15) is 0 Å². The van der Waals surface area contributed by atoms with E-state index >= 15 is 0 Å². The maximum atomic E-state index is 13.3. The van der Waals surface area contributed by atoms with Crippen molar-refractivity contribution in [2.24, 2.45) is 0 Å². The highest BCUT2D eigenvalue weighted by Crippen LogP contribution is 2.36. The normalized spacial score (nSPS) is 11.9. The molecule has 0 radical (unpaired) electrons. The summed E-state index contributed by atoms with van der Waals surface area (Å²) in [4.78, 5) is 28.9. The van der Waals surface area contributed by atoms with Crippen LogP contribution < -0.4 is 5.32 Å². The number of unbranched alkanes of at least 4 members (excludes halogenated alkanes) is 1. The van der Waals surface area contributed by atoms with Crippen LogP contribution in [0.15, 0.2) is 91.0 Å². The summed E-state index contributed by atoms with van der Waals surface area (Å²) in [5, 5.41) is 14.9. The fraction of sp³-hybridized carbons (Fsp3) is 0.152. The fourth-order valence-electron chi connectivity index (χ4n) is 4.94. The third-order valence-corrected chi connectivity index (χ3v) is 7.50. The lowest BCUT2D eigenvalue weighted by molar-refractivity contribution is 0.0688. The Bertz CT molecular complexity index is 1680. The van der Waals surface area contributed by atoms with Gasteiger partial charge in [-0.25, -0.2) is 4.79 Å². The zero-order valence-electron chi connectivity index (χ0n) is 21.9. The Morgan fingerprint density at radius 2 is 1.60 bits per heavy atom. The summed E-state index contributed by atoms with van der Waals surface area (Å²) < 4.78 is 0. The Hall–Kier alpha value is -4.06. The van der Waals surface area contributed by atoms with Crippen molar-refractivity contribution in [1.29, 1.82) is 0 Å². The molecule has 0 spiro atoms. The average Bonchev–Trinajstić information content (AvgIpc) is 3.34. The number of carboxylic acid groups (broad SMARTS) is 1. The highest BCUT2D eigenvalue weighted by molar-refractivity contribution is 6.31. The largest absolute Gasteiger partial charge is 0.477 e. The summed E-state index contributed by atoms with van der Waals surface area (Å²) >= 11 is 12.3. The lowest BCUT2D eigenvalue weighted by Crippen LogP contribution is -2.30. The van der Waals surface area contributed by atoms with E-state index in [1.165, 1.54) is 5.56 Å². The second-order valence-electron chi connectivity index (χ2n) is 9.75. The molecule has 0 aliphatic rings. The predicted octanol–water partition coefficient (Wildman–Crippen LogP) is 8.70. The molecule has 1 aromatic heterocycles. The van der Waals surface area contributed by atoms with E-state index < -0.39 is 12.0 Å². The molecule has 5 aromatic rings. The van der Waals surface area contributed by atoms with Gasteiger partial charge >= 0.3 is 5.97 Å². The van der Waals surface area contributed by atoms with Crippen LogP contribution >= 0.6 is 23.2 Å². The molecule has 0 saturated carbocycles. The topological polar surface area (TPSA) is 82.2 Å². The van der Waals surface area contributed by atoms with Crippen molar-refractivity contribution in [2.75, 3.05) is 0 Å². The monoisotopic (exact) mass is 570 g/mol. The van der Waals surface area contributed by atoms with Crippen molar-refractivity contribution >= 4 is 46.0 Å². The summed E-state index contributed by atoms with van der Waals surface area (Å²) in [5.74, 6) is -1.49. The van der Waals surface area contributed by atoms with E-state index in [1.807, 2.05) is 24.3 Å². The van der Waals surface area contributed by atoms with Crippen LogP contribution in [-0.2, 0) is 6.42 Å². The van der Waals surface area contributed by atoms with Gasteiger partial charge in [0.25, 0.3) is 5.91 Å². The first-order chi connectivity index (χ1) is 19.3. The van der Waals surface area contributed by atoms with Crippen LogP contribution in [0.1, 0.15) is 63.3 Å². The molecule has 7 heteroatoms. The average molecular weight is 572 g/mol. The maximum Gasteiger partial charge on any atom is 0.352 e. The molecule has 0 saturated heterocycles. The van der Waals surface area contributed by atoms with Gasteiger partial charge in [0.15, 0.2) is 0 Å². The fourth-order valence-corrected chi connectivity index (χ4v) is 5.26. The Morgan fingerprint density at radius 1 is 0.875 bits per heavy atom. The maximum absolute atomic E-state index is 13.3. The van der Waals surface area contributed by atoms with Crippen molar-refractivity contribution in [3.63, 3.8) is 0 Å². The lowest BCUT2D eigenvalue weighted by atomic mass is 9.94. The number of nitrogens with one attached hydrogen (secondary N) is 2. The van der Waals surface area contributed by atoms with Gasteiger partial charge in [-0.15, -0.1) is 0 Å². The minimum Gasteiger partial charge on any atom is -0.477 e. The van der Waals surface area contributed by atoms with Crippen molar-refractivity contribution in [3.05, 3.63) is 129 Å². The summed E-state index contributed by atoms with van der Waals surface area (Å²) in [6, 6.07) is 27.1. The number of carbonyl (C=O) groups is 2. The van der Waals surface area contributed by atoms with Crippen molar-refractivity contribution in [1.82, 2.24) is 10.3 Å². The van der Waals surface area contributed by atoms with Gasteiger partial charge in [-0.1, -0.05) is 85.1 Å². The molecular formula is C33H28Cl2N2O3. The number of fused-ring (bicyclic) bond motifs is 1. The second kappa shape index (κ2) is 12.0. The van der Waals surface area contributed by atoms with Gasteiger partial charge in [-0.05, 0) is 77.6 Å². The zero-order chi connectivity index (χ0) is 28.2. The molecule has 1 atom stereocenters. The molecule has 0 bridgehead atoms. The van der Waals surface area contributed by atoms with Gasteiger partial charge in [0, 0.05) is 32.1 Å². The number of carbonyl (C=O) groups excluding carboxylic acids is 1. The third-order valence-electron chi connectivity index (χ3n) is 7.01. The zero-order valence-corrected chi connectivity index (χ0v) is 23.4. The highest BCUT2D eigenvalue weighted by Gasteiger charge is 2.28. The molecular weight excluding hydrogens is 543 g/mol. The molecule has 1 amide bonds. The van der Waals surface area contributed by atoms with Crippen LogP contribution in [0.2, 0.25) is 10.0 Å². The number of aromatic amines is 1. The van der Waals surface area contributed by atoms with Crippen LogP contribution in [0.25, 0.3) is 22.0 Å². The summed E-state index contributed by atoms with van der Waals surface area (Å²) in [6.07, 6.45) is 3.34. The van der Waals surface area contributed by atoms with E-state index in [4.69, 9.17) is 23.2 Å². The van der Waals surface area contributed by atoms with Crippen LogP contribution in [0, 0.1) is 0 Å². The number of halogens is 2. The van der Waals surface area contributed by atoms with Crippen molar-refractivity contribution in [3.8, 4) is 11.1 Å². The van der Waals surface area contributed by atoms with E-state index in [0.29, 0.717) is 37.6 Å². The minimum atomic E-state index is -1.12. The first-order valence-corrected chi connectivity index (χ1v) is 13.9. The number of benzene rings is 4. The second-order valence-corrected chi connectivity index (χ2v) is 10.6. The molecule has 5 rings (SSSR count). The van der Waals surface area contributed by atoms with Gasteiger partial charge in [-0.3, -0.25) is 4.79 Å². The Kier molecular flexibility index (Phi) is 8.24. The molecule has 1 unspecified atom stereocenters. The number of H-pyrrole nitrogens is 1. The number of aromatic nitrogens is 1. The molecule has 5 nitrogen and oxygen atoms in total. The molecule has 0 aliphatic heterocycles. The smallest absolute Gasteiger partial charge is 0.352 e. The molecule has 3 N–H and O–H groups in total. The van der Waals surface area contributed by atoms with Crippen LogP contribution in [0.5, 0.6) is 0 Å². The van der Waals surface area contributed by atoms with Crippen molar-refractivity contribution in [2.45, 2.75) is 32.2 Å². The number of amides is 1. The van der Waals surface area contributed by atoms with Crippen LogP contribution in [0.4, 0.5) is 0 Å². The number of hydrogen-bond acceptors (Lipinski definition) is 2. The minimum absolute atomic E-state index is 0.00319. The quantitative estimate of drug-likeness (QED) is 0.166. The number of carboxylic acids is 1. The van der Waals surface area contributed by atoms with Gasteiger partial charge in [0.2, 0.25) is 0 Å².